The van der Waals surface area contributed by atoms with Gasteiger partial charge in [-0.15, -0.1) is 0 Å². The summed E-state index contributed by atoms with van der Waals surface area (Å²) in [4.78, 5) is 20.9. The second-order valence-corrected chi connectivity index (χ2v) is 7.50. The maximum absolute atomic E-state index is 14.6. The lowest BCUT2D eigenvalue weighted by atomic mass is 9.84. The van der Waals surface area contributed by atoms with Crippen molar-refractivity contribution in [1.29, 1.82) is 0 Å². The van der Waals surface area contributed by atoms with E-state index in [1.54, 1.807) is 12.1 Å². The van der Waals surface area contributed by atoms with Crippen LogP contribution in [0.3, 0.4) is 0 Å². The molecule has 0 saturated heterocycles. The number of amidine groups is 1. The number of aliphatic imine (C=N–C) groups is 1. The highest BCUT2D eigenvalue weighted by atomic mass is 35.5. The van der Waals surface area contributed by atoms with E-state index in [1.165, 1.54) is 36.2 Å². The van der Waals surface area contributed by atoms with Gasteiger partial charge in [-0.25, -0.2) is 9.37 Å². The minimum Gasteiger partial charge on any atom is -0.379 e. The Labute approximate surface area is 160 Å². The van der Waals surface area contributed by atoms with E-state index in [2.05, 4.69) is 15.3 Å². The number of rotatable bonds is 4. The molecule has 0 unspecified atom stereocenters. The number of amides is 1. The fourth-order valence-corrected chi connectivity index (χ4v) is 3.93. The van der Waals surface area contributed by atoms with Gasteiger partial charge in [0.1, 0.15) is 11.5 Å². The van der Waals surface area contributed by atoms with Crippen LogP contribution >= 0.6 is 23.4 Å². The predicted octanol–water partition coefficient (Wildman–Crippen LogP) is 4.18. The molecule has 26 heavy (non-hydrogen) atoms. The molecule has 3 rings (SSSR count). The summed E-state index contributed by atoms with van der Waals surface area (Å²) in [6.07, 6.45) is 2.69. The maximum atomic E-state index is 14.6. The molecule has 136 valence electrons. The van der Waals surface area contributed by atoms with E-state index in [0.717, 1.165) is 5.75 Å². The first kappa shape index (κ1) is 18.7. The Bertz CT molecular complexity index is 859. The van der Waals surface area contributed by atoms with Gasteiger partial charge in [-0.3, -0.25) is 9.79 Å². The Morgan fingerprint density at radius 2 is 2.23 bits per heavy atom. The number of hydrogen-bond acceptors (Lipinski definition) is 5. The lowest BCUT2D eigenvalue weighted by Gasteiger charge is -2.33. The monoisotopic (exact) mass is 392 g/mol. The van der Waals surface area contributed by atoms with Crippen molar-refractivity contribution in [2.24, 2.45) is 10.7 Å². The van der Waals surface area contributed by atoms with E-state index in [4.69, 9.17) is 17.3 Å². The normalized spacial score (nSPS) is 19.7. The lowest BCUT2D eigenvalue weighted by Crippen LogP contribution is -2.32. The third-order valence-electron chi connectivity index (χ3n) is 4.36. The molecule has 1 atom stereocenters. The van der Waals surface area contributed by atoms with Crippen LogP contribution in [-0.2, 0) is 5.54 Å². The van der Waals surface area contributed by atoms with Gasteiger partial charge < -0.3 is 11.1 Å². The first-order chi connectivity index (χ1) is 12.4. The van der Waals surface area contributed by atoms with Crippen LogP contribution in [0.15, 0.2) is 41.5 Å². The Kier molecular flexibility index (Phi) is 5.48. The highest BCUT2D eigenvalue weighted by Crippen LogP contribution is 2.40. The average molecular weight is 393 g/mol. The molecule has 3 N–H and O–H groups in total. The van der Waals surface area contributed by atoms with Crippen molar-refractivity contribution < 1.29 is 9.18 Å². The minimum atomic E-state index is -0.710. The van der Waals surface area contributed by atoms with Crippen LogP contribution in [0.1, 0.15) is 35.8 Å². The van der Waals surface area contributed by atoms with Gasteiger partial charge in [-0.1, -0.05) is 30.3 Å². The Morgan fingerprint density at radius 1 is 1.42 bits per heavy atom. The molecule has 0 spiro atoms. The first-order valence-electron chi connectivity index (χ1n) is 8.14. The molecule has 1 aliphatic heterocycles. The van der Waals surface area contributed by atoms with Crippen molar-refractivity contribution in [3.8, 4) is 0 Å². The van der Waals surface area contributed by atoms with Gasteiger partial charge in [-0.05, 0) is 43.2 Å². The van der Waals surface area contributed by atoms with Gasteiger partial charge in [0.05, 0.1) is 10.6 Å². The molecule has 0 radical (unpaired) electrons. The number of aromatic nitrogens is 1. The summed E-state index contributed by atoms with van der Waals surface area (Å²) in [5, 5.41) is 3.64. The molecule has 1 aliphatic rings. The van der Waals surface area contributed by atoms with E-state index in [-0.39, 0.29) is 11.5 Å². The number of nitrogens with two attached hydrogens (primary N) is 1. The van der Waals surface area contributed by atoms with Gasteiger partial charge >= 0.3 is 0 Å². The van der Waals surface area contributed by atoms with Crippen molar-refractivity contribution in [3.63, 3.8) is 0 Å². The molecular weight excluding hydrogens is 375 g/mol. The zero-order chi connectivity index (χ0) is 18.7. The second-order valence-electron chi connectivity index (χ2n) is 5.94. The number of benzene rings is 1. The Balaban J connectivity index is 1.91. The molecule has 0 fully saturated rings. The molecule has 1 aromatic carbocycles. The Hall–Kier alpha value is -2.12. The fourth-order valence-electron chi connectivity index (χ4n) is 2.93. The van der Waals surface area contributed by atoms with Crippen molar-refractivity contribution in [3.05, 3.63) is 58.6 Å². The lowest BCUT2D eigenvalue weighted by molar-refractivity contribution is 0.102. The van der Waals surface area contributed by atoms with Crippen LogP contribution in [0.5, 0.6) is 0 Å². The molecule has 5 nitrogen and oxygen atoms in total. The summed E-state index contributed by atoms with van der Waals surface area (Å²) in [5.74, 6) is 0.0124. The van der Waals surface area contributed by atoms with Crippen molar-refractivity contribution in [2.75, 3.05) is 11.1 Å². The highest BCUT2D eigenvalue weighted by Gasteiger charge is 2.35. The van der Waals surface area contributed by atoms with Gasteiger partial charge in [0, 0.05) is 23.2 Å². The van der Waals surface area contributed by atoms with E-state index >= 15 is 0 Å². The fraction of sp³-hybridized carbons (Fsp3) is 0.278. The largest absolute Gasteiger partial charge is 0.379 e. The van der Waals surface area contributed by atoms with E-state index < -0.39 is 11.4 Å². The van der Waals surface area contributed by atoms with Crippen LogP contribution in [0.4, 0.5) is 10.1 Å². The van der Waals surface area contributed by atoms with E-state index in [9.17, 15) is 9.18 Å². The quantitative estimate of drug-likeness (QED) is 0.817. The maximum Gasteiger partial charge on any atom is 0.274 e. The zero-order valence-corrected chi connectivity index (χ0v) is 15.7. The molecule has 0 saturated carbocycles. The van der Waals surface area contributed by atoms with Crippen LogP contribution in [0, 0.1) is 5.82 Å². The summed E-state index contributed by atoms with van der Waals surface area (Å²) >= 11 is 7.25. The van der Waals surface area contributed by atoms with Gasteiger partial charge in [0.15, 0.2) is 5.17 Å². The van der Waals surface area contributed by atoms with Crippen LogP contribution in [-0.4, -0.2) is 21.8 Å². The third-order valence-corrected chi connectivity index (χ3v) is 5.38. The summed E-state index contributed by atoms with van der Waals surface area (Å²) in [6, 6.07) is 7.59. The number of carbonyl (C=O) groups excluding carboxylic acids is 1. The third kappa shape index (κ3) is 3.83. The highest BCUT2D eigenvalue weighted by molar-refractivity contribution is 8.13. The van der Waals surface area contributed by atoms with Crippen molar-refractivity contribution in [1.82, 2.24) is 4.98 Å². The SMILES string of the molecule is CC[C@@]1(c2cc(NC(=O)c3ccc(Cl)cn3)ccc2F)CCSC(N)=N1. The van der Waals surface area contributed by atoms with Gasteiger partial charge in [-0.2, -0.15) is 0 Å². The molecule has 1 aromatic heterocycles. The number of pyridine rings is 1. The Morgan fingerprint density at radius 3 is 2.88 bits per heavy atom. The topological polar surface area (TPSA) is 80.4 Å². The molecule has 1 amide bonds. The molecule has 8 heteroatoms. The number of hydrogen-bond donors (Lipinski definition) is 2. The standard InChI is InChI=1S/C18H18ClFN4OS/c1-2-18(7-8-26-17(21)24-18)13-9-12(4-5-14(13)20)23-16(25)15-6-3-11(19)10-22-15/h3-6,9-10H,2,7-8H2,1H3,(H2,21,24)(H,23,25)/t18-/m0/s1. The second kappa shape index (κ2) is 7.63. The van der Waals surface area contributed by atoms with Gasteiger partial charge in [0.25, 0.3) is 5.91 Å². The number of carbonyl (C=O) groups is 1. The minimum absolute atomic E-state index is 0.224. The summed E-state index contributed by atoms with van der Waals surface area (Å²) < 4.78 is 14.6. The summed E-state index contributed by atoms with van der Waals surface area (Å²) in [6.45, 7) is 1.95. The number of halogens is 2. The van der Waals surface area contributed by atoms with E-state index in [0.29, 0.717) is 34.3 Å². The summed E-state index contributed by atoms with van der Waals surface area (Å²) in [7, 11) is 0. The van der Waals surface area contributed by atoms with E-state index in [1.807, 2.05) is 6.92 Å². The molecule has 2 aromatic rings. The first-order valence-corrected chi connectivity index (χ1v) is 9.51. The molecule has 0 aliphatic carbocycles. The van der Waals surface area contributed by atoms with Crippen LogP contribution < -0.4 is 11.1 Å². The number of thioether (sulfide) groups is 1. The molecule has 0 bridgehead atoms. The van der Waals surface area contributed by atoms with Crippen LogP contribution in [0.25, 0.3) is 0 Å². The molecular formula is C18H18ClFN4OS. The van der Waals surface area contributed by atoms with Crippen LogP contribution in [0.2, 0.25) is 5.02 Å². The number of nitrogens with zero attached hydrogens (tertiary/aromatic N) is 2. The predicted molar refractivity (Wildman–Crippen MR) is 104 cm³/mol. The average Bonchev–Trinajstić information content (AvgIpc) is 2.63. The summed E-state index contributed by atoms with van der Waals surface area (Å²) in [5.41, 5.74) is 6.31. The number of nitrogens with one attached hydrogen (secondary N) is 1. The van der Waals surface area contributed by atoms with Gasteiger partial charge in [0.2, 0.25) is 0 Å². The number of anilines is 1. The van der Waals surface area contributed by atoms with Crippen molar-refractivity contribution in [2.45, 2.75) is 25.3 Å². The molecule has 2 heterocycles. The zero-order valence-electron chi connectivity index (χ0n) is 14.1. The van der Waals surface area contributed by atoms with Crippen molar-refractivity contribution >= 4 is 40.1 Å². The smallest absolute Gasteiger partial charge is 0.274 e.